The van der Waals surface area contributed by atoms with Gasteiger partial charge in [-0.3, -0.25) is 4.79 Å². The predicted molar refractivity (Wildman–Crippen MR) is 66.4 cm³/mol. The molecule has 1 aromatic carbocycles. The summed E-state index contributed by atoms with van der Waals surface area (Å²) in [5.41, 5.74) is 2.07. The minimum absolute atomic E-state index is 0.167. The van der Waals surface area contributed by atoms with Crippen LogP contribution in [0.5, 0.6) is 0 Å². The van der Waals surface area contributed by atoms with E-state index in [4.69, 9.17) is 0 Å². The number of benzene rings is 1. The first kappa shape index (κ1) is 11.1. The van der Waals surface area contributed by atoms with E-state index in [0.29, 0.717) is 12.2 Å². The monoisotopic (exact) mass is 214 g/mol. The zero-order chi connectivity index (χ0) is 11.6. The third kappa shape index (κ3) is 1.95. The zero-order valence-corrected chi connectivity index (χ0v) is 9.83. The molecule has 0 bridgehead atoms. The molecule has 16 heavy (non-hydrogen) atoms. The lowest BCUT2D eigenvalue weighted by molar-refractivity contribution is -0.120. The first-order valence-electron chi connectivity index (χ1n) is 5.94. The third-order valence-electron chi connectivity index (χ3n) is 3.52. The van der Waals surface area contributed by atoms with E-state index >= 15 is 0 Å². The molecule has 0 N–H and O–H groups in total. The number of ketones is 1. The van der Waals surface area contributed by atoms with Crippen LogP contribution in [0.2, 0.25) is 0 Å². The molecule has 1 fully saturated rings. The molecule has 0 radical (unpaired) electrons. The number of rotatable bonds is 5. The van der Waals surface area contributed by atoms with Crippen LogP contribution in [0.25, 0.3) is 0 Å². The van der Waals surface area contributed by atoms with Gasteiger partial charge in [0.2, 0.25) is 0 Å². The molecular formula is C15H18O. The maximum absolute atomic E-state index is 12.2. The van der Waals surface area contributed by atoms with Crippen LogP contribution < -0.4 is 0 Å². The van der Waals surface area contributed by atoms with Gasteiger partial charge in [-0.2, -0.15) is 0 Å². The number of allylic oxidation sites excluding steroid dienone is 1. The van der Waals surface area contributed by atoms with Crippen molar-refractivity contribution in [1.29, 1.82) is 0 Å². The summed E-state index contributed by atoms with van der Waals surface area (Å²) in [7, 11) is 0. The van der Waals surface area contributed by atoms with E-state index in [9.17, 15) is 4.79 Å². The van der Waals surface area contributed by atoms with Crippen LogP contribution in [0, 0.1) is 0 Å². The van der Waals surface area contributed by atoms with Crippen LogP contribution in [0.15, 0.2) is 42.5 Å². The van der Waals surface area contributed by atoms with Crippen molar-refractivity contribution in [1.82, 2.24) is 0 Å². The summed E-state index contributed by atoms with van der Waals surface area (Å²) in [6, 6.07) is 10.2. The van der Waals surface area contributed by atoms with Gasteiger partial charge in [0, 0.05) is 6.42 Å². The number of carbonyl (C=O) groups excluding carboxylic acids is 1. The molecule has 1 saturated carbocycles. The molecule has 1 nitrogen and oxygen atoms in total. The van der Waals surface area contributed by atoms with Crippen LogP contribution in [0.3, 0.4) is 0 Å². The van der Waals surface area contributed by atoms with E-state index in [1.54, 1.807) is 0 Å². The predicted octanol–water partition coefficient (Wildman–Crippen LogP) is 3.64. The van der Waals surface area contributed by atoms with Crippen molar-refractivity contribution in [2.75, 3.05) is 0 Å². The van der Waals surface area contributed by atoms with Crippen LogP contribution in [0.4, 0.5) is 0 Å². The molecule has 84 valence electrons. The summed E-state index contributed by atoms with van der Waals surface area (Å²) in [6.07, 6.45) is 3.46. The molecule has 1 aromatic rings. The van der Waals surface area contributed by atoms with Crippen LogP contribution in [-0.4, -0.2) is 5.78 Å². The normalized spacial score (nSPS) is 16.8. The summed E-state index contributed by atoms with van der Waals surface area (Å²) >= 11 is 0. The van der Waals surface area contributed by atoms with Gasteiger partial charge in [-0.1, -0.05) is 49.4 Å². The molecule has 1 heteroatoms. The van der Waals surface area contributed by atoms with Gasteiger partial charge in [0.05, 0.1) is 5.41 Å². The van der Waals surface area contributed by atoms with Gasteiger partial charge in [-0.25, -0.2) is 0 Å². The van der Waals surface area contributed by atoms with Gasteiger partial charge in [0.1, 0.15) is 5.78 Å². The van der Waals surface area contributed by atoms with E-state index in [1.807, 2.05) is 18.2 Å². The first-order valence-corrected chi connectivity index (χ1v) is 5.94. The van der Waals surface area contributed by atoms with Crippen LogP contribution >= 0.6 is 0 Å². The smallest absolute Gasteiger partial charge is 0.147 e. The average Bonchev–Trinajstić information content (AvgIpc) is 3.11. The summed E-state index contributed by atoms with van der Waals surface area (Å²) in [5.74, 6) is 0.352. The van der Waals surface area contributed by atoms with Crippen molar-refractivity contribution < 1.29 is 4.79 Å². The van der Waals surface area contributed by atoms with E-state index in [0.717, 1.165) is 24.8 Å². The molecule has 1 aliphatic rings. The largest absolute Gasteiger partial charge is 0.298 e. The molecule has 0 spiro atoms. The first-order chi connectivity index (χ1) is 7.69. The summed E-state index contributed by atoms with van der Waals surface area (Å²) in [5, 5.41) is 0. The molecule has 0 aliphatic heterocycles. The second kappa shape index (κ2) is 4.25. The maximum Gasteiger partial charge on any atom is 0.147 e. The number of carbonyl (C=O) groups is 1. The lowest BCUT2D eigenvalue weighted by Crippen LogP contribution is -2.20. The van der Waals surface area contributed by atoms with E-state index in [-0.39, 0.29) is 5.41 Å². The Bertz CT molecular complexity index is 399. The van der Waals surface area contributed by atoms with Crippen LogP contribution in [0.1, 0.15) is 38.2 Å². The van der Waals surface area contributed by atoms with Gasteiger partial charge in [0.15, 0.2) is 0 Å². The molecule has 2 rings (SSSR count). The Labute approximate surface area is 97.2 Å². The van der Waals surface area contributed by atoms with Gasteiger partial charge in [-0.05, 0) is 24.8 Å². The Balaban J connectivity index is 2.15. The molecule has 1 aliphatic carbocycles. The van der Waals surface area contributed by atoms with Crippen molar-refractivity contribution in [3.63, 3.8) is 0 Å². The Hall–Kier alpha value is -1.37. The second-order valence-corrected chi connectivity index (χ2v) is 4.65. The highest BCUT2D eigenvalue weighted by atomic mass is 16.1. The van der Waals surface area contributed by atoms with Crippen LogP contribution in [-0.2, 0) is 10.2 Å². The van der Waals surface area contributed by atoms with Crippen molar-refractivity contribution in [3.05, 3.63) is 48.0 Å². The average molecular weight is 214 g/mol. The number of hydrogen-bond acceptors (Lipinski definition) is 1. The van der Waals surface area contributed by atoms with Crippen molar-refractivity contribution in [2.45, 2.75) is 38.0 Å². The Kier molecular flexibility index (Phi) is 2.95. The highest BCUT2D eigenvalue weighted by Crippen LogP contribution is 2.49. The van der Waals surface area contributed by atoms with Crippen molar-refractivity contribution in [3.8, 4) is 0 Å². The van der Waals surface area contributed by atoms with E-state index in [2.05, 4.69) is 25.6 Å². The van der Waals surface area contributed by atoms with Gasteiger partial charge >= 0.3 is 0 Å². The quantitative estimate of drug-likeness (QED) is 0.684. The molecule has 0 saturated heterocycles. The number of hydrogen-bond donors (Lipinski definition) is 0. The van der Waals surface area contributed by atoms with E-state index < -0.39 is 0 Å². The molecular weight excluding hydrogens is 196 g/mol. The standard InChI is InChI=1S/C15H18O/c1-3-12(2)11-14(16)15(9-10-15)13-7-5-4-6-8-13/h4-8H,2-3,9-11H2,1H3. The summed E-state index contributed by atoms with van der Waals surface area (Å²) in [6.45, 7) is 5.98. The third-order valence-corrected chi connectivity index (χ3v) is 3.52. The lowest BCUT2D eigenvalue weighted by Gasteiger charge is -2.14. The second-order valence-electron chi connectivity index (χ2n) is 4.65. The Morgan fingerprint density at radius 3 is 2.44 bits per heavy atom. The minimum Gasteiger partial charge on any atom is -0.298 e. The Morgan fingerprint density at radius 1 is 1.31 bits per heavy atom. The number of Topliss-reactive ketones (excluding diaryl/α,β-unsaturated/α-hetero) is 1. The SMILES string of the molecule is C=C(CC)CC(=O)C1(c2ccccc2)CC1. The van der Waals surface area contributed by atoms with Gasteiger partial charge in [-0.15, -0.1) is 0 Å². The summed E-state index contributed by atoms with van der Waals surface area (Å²) < 4.78 is 0. The Morgan fingerprint density at radius 2 is 1.94 bits per heavy atom. The zero-order valence-electron chi connectivity index (χ0n) is 9.83. The molecule has 0 unspecified atom stereocenters. The van der Waals surface area contributed by atoms with Gasteiger partial charge in [0.25, 0.3) is 0 Å². The highest BCUT2D eigenvalue weighted by Gasteiger charge is 2.50. The molecule has 0 amide bonds. The van der Waals surface area contributed by atoms with Gasteiger partial charge < -0.3 is 0 Å². The fraction of sp³-hybridized carbons (Fsp3) is 0.400. The van der Waals surface area contributed by atoms with Crippen molar-refractivity contribution in [2.24, 2.45) is 0 Å². The van der Waals surface area contributed by atoms with E-state index in [1.165, 1.54) is 5.56 Å². The fourth-order valence-corrected chi connectivity index (χ4v) is 2.13. The fourth-order valence-electron chi connectivity index (χ4n) is 2.13. The lowest BCUT2D eigenvalue weighted by atomic mass is 9.88. The maximum atomic E-state index is 12.2. The highest BCUT2D eigenvalue weighted by molar-refractivity contribution is 5.94. The molecule has 0 atom stereocenters. The van der Waals surface area contributed by atoms with Crippen molar-refractivity contribution >= 4 is 5.78 Å². The molecule has 0 aromatic heterocycles. The minimum atomic E-state index is -0.167. The topological polar surface area (TPSA) is 17.1 Å². The molecule has 0 heterocycles. The summed E-state index contributed by atoms with van der Waals surface area (Å²) in [4.78, 5) is 12.2.